The topological polar surface area (TPSA) is 90.8 Å². The fourth-order valence-corrected chi connectivity index (χ4v) is 3.02. The van der Waals surface area contributed by atoms with Gasteiger partial charge in [-0.3, -0.25) is 4.79 Å². The zero-order chi connectivity index (χ0) is 17.8. The highest BCUT2D eigenvalue weighted by Gasteiger charge is 2.12. The summed E-state index contributed by atoms with van der Waals surface area (Å²) in [5.41, 5.74) is 4.28. The SMILES string of the molecule is C[C@H](C#N)C(=O)NCc1cc2cc(Cl)c(OCc3cscn3)cc2[nH]1. The molecular weight excluding hydrogens is 360 g/mol. The lowest BCUT2D eigenvalue weighted by atomic mass is 10.2. The Morgan fingerprint density at radius 2 is 2.36 bits per heavy atom. The molecule has 0 aliphatic rings. The number of hydrogen-bond acceptors (Lipinski definition) is 5. The molecule has 0 spiro atoms. The van der Waals surface area contributed by atoms with Crippen molar-refractivity contribution in [2.45, 2.75) is 20.1 Å². The number of thiazole rings is 1. The molecule has 3 aromatic rings. The van der Waals surface area contributed by atoms with Gasteiger partial charge in [0.25, 0.3) is 0 Å². The number of hydrogen-bond donors (Lipinski definition) is 2. The summed E-state index contributed by atoms with van der Waals surface area (Å²) in [6, 6.07) is 7.45. The highest BCUT2D eigenvalue weighted by Crippen LogP contribution is 2.31. The molecule has 2 heterocycles. The minimum absolute atomic E-state index is 0.300. The molecule has 0 bridgehead atoms. The zero-order valence-corrected chi connectivity index (χ0v) is 14.9. The van der Waals surface area contributed by atoms with Crippen LogP contribution in [0.15, 0.2) is 29.1 Å². The standard InChI is InChI=1S/C17H15ClN4O2S/c1-10(5-19)17(23)20-6-12-2-11-3-14(18)16(4-15(11)22-12)24-7-13-8-25-9-21-13/h2-4,8-10,22H,6-7H2,1H3,(H,20,23)/t10-/m1/s1. The van der Waals surface area contributed by atoms with Gasteiger partial charge in [-0.15, -0.1) is 11.3 Å². The van der Waals surface area contributed by atoms with Gasteiger partial charge in [-0.1, -0.05) is 11.6 Å². The molecule has 0 fully saturated rings. The van der Waals surface area contributed by atoms with Crippen molar-refractivity contribution in [2.75, 3.05) is 0 Å². The van der Waals surface area contributed by atoms with Gasteiger partial charge in [0.05, 0.1) is 28.8 Å². The minimum atomic E-state index is -0.676. The average molecular weight is 375 g/mol. The minimum Gasteiger partial charge on any atom is -0.486 e. The Balaban J connectivity index is 1.72. The lowest BCUT2D eigenvalue weighted by Gasteiger charge is -2.06. The van der Waals surface area contributed by atoms with Crippen LogP contribution in [0.5, 0.6) is 5.75 Å². The Morgan fingerprint density at radius 3 is 3.08 bits per heavy atom. The molecule has 3 rings (SSSR count). The van der Waals surface area contributed by atoms with Crippen molar-refractivity contribution in [1.82, 2.24) is 15.3 Å². The van der Waals surface area contributed by atoms with Crippen LogP contribution in [0.3, 0.4) is 0 Å². The molecule has 0 saturated heterocycles. The molecule has 0 aliphatic heterocycles. The van der Waals surface area contributed by atoms with E-state index >= 15 is 0 Å². The number of nitrogens with one attached hydrogen (secondary N) is 2. The molecular formula is C17H15ClN4O2S. The number of carbonyl (C=O) groups is 1. The van der Waals surface area contributed by atoms with E-state index in [-0.39, 0.29) is 5.91 Å². The molecule has 1 aromatic carbocycles. The largest absolute Gasteiger partial charge is 0.486 e. The molecule has 25 heavy (non-hydrogen) atoms. The smallest absolute Gasteiger partial charge is 0.237 e. The first kappa shape index (κ1) is 17.3. The van der Waals surface area contributed by atoms with Gasteiger partial charge in [0, 0.05) is 28.0 Å². The number of aromatic amines is 1. The van der Waals surface area contributed by atoms with E-state index in [0.717, 1.165) is 22.3 Å². The summed E-state index contributed by atoms with van der Waals surface area (Å²) >= 11 is 7.79. The summed E-state index contributed by atoms with van der Waals surface area (Å²) in [4.78, 5) is 19.1. The first-order valence-electron chi connectivity index (χ1n) is 7.55. The summed E-state index contributed by atoms with van der Waals surface area (Å²) in [6.07, 6.45) is 0. The van der Waals surface area contributed by atoms with Gasteiger partial charge in [-0.05, 0) is 19.1 Å². The molecule has 128 valence electrons. The molecule has 0 aliphatic carbocycles. The van der Waals surface area contributed by atoms with Crippen LogP contribution < -0.4 is 10.1 Å². The molecule has 0 saturated carbocycles. The van der Waals surface area contributed by atoms with Crippen LogP contribution in [0, 0.1) is 17.2 Å². The van der Waals surface area contributed by atoms with Gasteiger partial charge >= 0.3 is 0 Å². The molecule has 2 aromatic heterocycles. The Bertz CT molecular complexity index is 930. The molecule has 8 heteroatoms. The van der Waals surface area contributed by atoms with Crippen molar-refractivity contribution >= 4 is 39.7 Å². The average Bonchev–Trinajstić information content (AvgIpc) is 3.25. The van der Waals surface area contributed by atoms with Crippen molar-refractivity contribution in [2.24, 2.45) is 5.92 Å². The molecule has 1 amide bonds. The second-order valence-corrected chi connectivity index (χ2v) is 6.63. The van der Waals surface area contributed by atoms with Crippen LogP contribution in [-0.4, -0.2) is 15.9 Å². The van der Waals surface area contributed by atoms with Gasteiger partial charge in [0.15, 0.2) is 0 Å². The summed E-state index contributed by atoms with van der Waals surface area (Å²) in [5, 5.41) is 14.8. The number of carbonyl (C=O) groups excluding carboxylic acids is 1. The van der Waals surface area contributed by atoms with Crippen LogP contribution in [0.2, 0.25) is 5.02 Å². The number of amides is 1. The number of ether oxygens (including phenoxy) is 1. The number of halogens is 1. The lowest BCUT2D eigenvalue weighted by Crippen LogP contribution is -2.27. The normalized spacial score (nSPS) is 11.9. The maximum absolute atomic E-state index is 11.7. The predicted octanol–water partition coefficient (Wildman–Crippen LogP) is 3.63. The monoisotopic (exact) mass is 374 g/mol. The molecule has 1 atom stereocenters. The van der Waals surface area contributed by atoms with Gasteiger partial charge < -0.3 is 15.0 Å². The fourth-order valence-electron chi connectivity index (χ4n) is 2.25. The van der Waals surface area contributed by atoms with Gasteiger partial charge in [0.1, 0.15) is 18.3 Å². The van der Waals surface area contributed by atoms with E-state index in [4.69, 9.17) is 21.6 Å². The van der Waals surface area contributed by atoms with Crippen molar-refractivity contribution in [1.29, 1.82) is 5.26 Å². The number of aromatic nitrogens is 2. The number of nitriles is 1. The maximum Gasteiger partial charge on any atom is 0.237 e. The Hall–Kier alpha value is -2.56. The van der Waals surface area contributed by atoms with Crippen LogP contribution in [-0.2, 0) is 17.9 Å². The number of nitrogens with zero attached hydrogens (tertiary/aromatic N) is 2. The highest BCUT2D eigenvalue weighted by molar-refractivity contribution is 7.07. The van der Waals surface area contributed by atoms with Crippen molar-refractivity contribution in [3.05, 3.63) is 45.5 Å². The zero-order valence-electron chi connectivity index (χ0n) is 13.4. The predicted molar refractivity (Wildman–Crippen MR) is 96.4 cm³/mol. The lowest BCUT2D eigenvalue weighted by molar-refractivity contribution is -0.123. The van der Waals surface area contributed by atoms with E-state index in [2.05, 4.69) is 15.3 Å². The van der Waals surface area contributed by atoms with Crippen LogP contribution in [0.1, 0.15) is 18.3 Å². The van der Waals surface area contributed by atoms with Gasteiger partial charge in [-0.25, -0.2) is 4.98 Å². The first-order valence-corrected chi connectivity index (χ1v) is 8.87. The van der Waals surface area contributed by atoms with Crippen LogP contribution in [0.25, 0.3) is 10.9 Å². The van der Waals surface area contributed by atoms with Crippen LogP contribution in [0.4, 0.5) is 0 Å². The van der Waals surface area contributed by atoms with Gasteiger partial charge in [-0.2, -0.15) is 5.26 Å². The van der Waals surface area contributed by atoms with Crippen molar-refractivity contribution in [3.8, 4) is 11.8 Å². The Kier molecular flexibility index (Phi) is 5.22. The summed E-state index contributed by atoms with van der Waals surface area (Å²) in [5.74, 6) is -0.409. The van der Waals surface area contributed by atoms with E-state index in [0.29, 0.717) is 23.9 Å². The maximum atomic E-state index is 11.7. The summed E-state index contributed by atoms with van der Waals surface area (Å²) < 4.78 is 5.73. The Morgan fingerprint density at radius 1 is 1.52 bits per heavy atom. The van der Waals surface area contributed by atoms with Crippen molar-refractivity contribution < 1.29 is 9.53 Å². The van der Waals surface area contributed by atoms with E-state index < -0.39 is 5.92 Å². The van der Waals surface area contributed by atoms with E-state index in [1.807, 2.05) is 29.6 Å². The number of fused-ring (bicyclic) bond motifs is 1. The fraction of sp³-hybridized carbons (Fsp3) is 0.235. The number of H-pyrrole nitrogens is 1. The number of rotatable bonds is 6. The van der Waals surface area contributed by atoms with E-state index in [1.54, 1.807) is 12.4 Å². The quantitative estimate of drug-likeness (QED) is 0.689. The summed E-state index contributed by atoms with van der Waals surface area (Å²) in [6.45, 7) is 2.23. The molecule has 6 nitrogen and oxygen atoms in total. The van der Waals surface area contributed by atoms with E-state index in [9.17, 15) is 4.79 Å². The third-order valence-corrected chi connectivity index (χ3v) is 4.56. The molecule has 0 radical (unpaired) electrons. The highest BCUT2D eigenvalue weighted by atomic mass is 35.5. The third kappa shape index (κ3) is 4.10. The number of benzene rings is 1. The molecule has 2 N–H and O–H groups in total. The first-order chi connectivity index (χ1) is 12.1. The van der Waals surface area contributed by atoms with E-state index in [1.165, 1.54) is 11.3 Å². The van der Waals surface area contributed by atoms with Crippen molar-refractivity contribution in [3.63, 3.8) is 0 Å². The van der Waals surface area contributed by atoms with Gasteiger partial charge in [0.2, 0.25) is 5.91 Å². The van der Waals surface area contributed by atoms with Crippen LogP contribution >= 0.6 is 22.9 Å². The third-order valence-electron chi connectivity index (χ3n) is 3.63. The summed E-state index contributed by atoms with van der Waals surface area (Å²) in [7, 11) is 0. The second kappa shape index (κ2) is 7.55. The Labute approximate surface area is 153 Å². The molecule has 0 unspecified atom stereocenters. The second-order valence-electron chi connectivity index (χ2n) is 5.50.